The number of hydrogen-bond acceptors (Lipinski definition) is 9. The summed E-state index contributed by atoms with van der Waals surface area (Å²) in [6, 6.07) is 7.98. The van der Waals surface area contributed by atoms with Crippen molar-refractivity contribution in [3.63, 3.8) is 0 Å². The molecule has 0 saturated carbocycles. The fourth-order valence-electron chi connectivity index (χ4n) is 5.26. The number of piperidine rings is 1. The standard InChI is InChI=1S/C30H29F3N6O5S/c1-16-3-6-20(12-23(16)39(29(42)43)24-14-45-26-25(24)35-15-36-27(26)34)37-28(41)18-4-5-19(22(11-18)30(31,32)33)13-38-9-7-21(8-10-38)44-17(2)40/h3-6,11-12,14-15,21H,7-10,13H2,1-2H3,(H,37,41)(H,42,43)(H2,34,35,36). The zero-order chi connectivity index (χ0) is 32.5. The molecule has 0 unspecified atom stereocenters. The molecule has 2 amide bonds. The van der Waals surface area contributed by atoms with Gasteiger partial charge >= 0.3 is 18.2 Å². The molecule has 3 heterocycles. The highest BCUT2D eigenvalue weighted by Crippen LogP contribution is 2.39. The molecular formula is C30H29F3N6O5S. The van der Waals surface area contributed by atoms with Crippen molar-refractivity contribution < 1.29 is 37.4 Å². The van der Waals surface area contributed by atoms with Gasteiger partial charge in [0.25, 0.3) is 5.91 Å². The molecule has 1 aliphatic heterocycles. The number of nitrogens with zero attached hydrogens (tertiary/aromatic N) is 4. The number of nitrogens with two attached hydrogens (primary N) is 1. The minimum atomic E-state index is -4.71. The second kappa shape index (κ2) is 12.7. The SMILES string of the molecule is CC(=O)OC1CCN(Cc2ccc(C(=O)Nc3ccc(C)c(N(C(=O)O)c4csc5c(N)ncnc45)c3)cc2C(F)(F)F)CC1. The molecule has 1 saturated heterocycles. The van der Waals surface area contributed by atoms with E-state index in [0.29, 0.717) is 41.7 Å². The highest BCUT2D eigenvalue weighted by molar-refractivity contribution is 7.18. The number of aryl methyl sites for hydroxylation is 1. The number of aromatic nitrogens is 2. The van der Waals surface area contributed by atoms with Gasteiger partial charge in [0.05, 0.1) is 21.6 Å². The van der Waals surface area contributed by atoms with Crippen molar-refractivity contribution in [2.24, 2.45) is 0 Å². The van der Waals surface area contributed by atoms with Crippen molar-refractivity contribution in [2.45, 2.75) is 45.5 Å². The molecule has 2 aromatic carbocycles. The zero-order valence-electron chi connectivity index (χ0n) is 24.2. The van der Waals surface area contributed by atoms with Gasteiger partial charge in [-0.2, -0.15) is 13.2 Å². The topological polar surface area (TPSA) is 151 Å². The number of alkyl halides is 3. The number of thiophene rings is 1. The van der Waals surface area contributed by atoms with Gasteiger partial charge in [0.2, 0.25) is 0 Å². The molecule has 1 fully saturated rings. The quantitative estimate of drug-likeness (QED) is 0.200. The maximum Gasteiger partial charge on any atom is 0.416 e. The predicted molar refractivity (Wildman–Crippen MR) is 163 cm³/mol. The predicted octanol–water partition coefficient (Wildman–Crippen LogP) is 6.20. The third kappa shape index (κ3) is 6.99. The molecule has 0 bridgehead atoms. The first kappa shape index (κ1) is 31.7. The van der Waals surface area contributed by atoms with Crippen LogP contribution in [0.2, 0.25) is 0 Å². The zero-order valence-corrected chi connectivity index (χ0v) is 25.0. The summed E-state index contributed by atoms with van der Waals surface area (Å²) in [4.78, 5) is 47.8. The molecule has 0 radical (unpaired) electrons. The van der Waals surface area contributed by atoms with Crippen LogP contribution in [0.4, 0.5) is 40.8 Å². The van der Waals surface area contributed by atoms with Crippen molar-refractivity contribution in [2.75, 3.05) is 29.0 Å². The summed E-state index contributed by atoms with van der Waals surface area (Å²) in [6.45, 7) is 3.94. The highest BCUT2D eigenvalue weighted by Gasteiger charge is 2.35. The monoisotopic (exact) mass is 642 g/mol. The molecular weight excluding hydrogens is 613 g/mol. The number of fused-ring (bicyclic) bond motifs is 1. The second-order valence-corrected chi connectivity index (χ2v) is 11.5. The molecule has 0 spiro atoms. The highest BCUT2D eigenvalue weighted by atomic mass is 32.1. The lowest BCUT2D eigenvalue weighted by atomic mass is 10.0. The number of carboxylic acid groups (broad SMARTS) is 1. The Morgan fingerprint density at radius 3 is 2.53 bits per heavy atom. The Kier molecular flexibility index (Phi) is 8.93. The number of benzene rings is 2. The van der Waals surface area contributed by atoms with Crippen LogP contribution in [0.15, 0.2) is 48.1 Å². The lowest BCUT2D eigenvalue weighted by Gasteiger charge is -2.32. The van der Waals surface area contributed by atoms with Gasteiger partial charge < -0.3 is 20.9 Å². The molecule has 4 N–H and O–H groups in total. The third-order valence-corrected chi connectivity index (χ3v) is 8.42. The van der Waals surface area contributed by atoms with E-state index in [1.807, 2.05) is 4.90 Å². The minimum absolute atomic E-state index is 0.0176. The maximum absolute atomic E-state index is 14.1. The summed E-state index contributed by atoms with van der Waals surface area (Å²) in [5, 5.41) is 14.3. The van der Waals surface area contributed by atoms with Crippen molar-refractivity contribution in [1.29, 1.82) is 0 Å². The van der Waals surface area contributed by atoms with E-state index in [0.717, 1.165) is 11.0 Å². The number of esters is 1. The number of carbonyl (C=O) groups is 3. The minimum Gasteiger partial charge on any atom is -0.464 e. The molecule has 15 heteroatoms. The number of anilines is 4. The van der Waals surface area contributed by atoms with Gasteiger partial charge in [0.15, 0.2) is 0 Å². The third-order valence-electron chi connectivity index (χ3n) is 7.44. The molecule has 236 valence electrons. The van der Waals surface area contributed by atoms with Crippen LogP contribution in [0, 0.1) is 6.92 Å². The van der Waals surface area contributed by atoms with Crippen LogP contribution in [0.25, 0.3) is 10.2 Å². The van der Waals surface area contributed by atoms with E-state index in [2.05, 4.69) is 15.3 Å². The largest absolute Gasteiger partial charge is 0.464 e. The van der Waals surface area contributed by atoms with Crippen molar-refractivity contribution in [3.8, 4) is 0 Å². The number of nitrogens with one attached hydrogen (secondary N) is 1. The van der Waals surface area contributed by atoms with E-state index in [1.54, 1.807) is 18.4 Å². The first-order chi connectivity index (χ1) is 21.3. The fraction of sp³-hybridized carbons (Fsp3) is 0.300. The van der Waals surface area contributed by atoms with Crippen LogP contribution in [0.3, 0.4) is 0 Å². The van der Waals surface area contributed by atoms with Gasteiger partial charge in [-0.3, -0.25) is 14.5 Å². The van der Waals surface area contributed by atoms with Crippen LogP contribution in [-0.4, -0.2) is 57.1 Å². The number of rotatable bonds is 7. The average Bonchev–Trinajstić information content (AvgIpc) is 3.40. The van der Waals surface area contributed by atoms with Gasteiger partial charge in [-0.25, -0.2) is 19.7 Å². The van der Waals surface area contributed by atoms with E-state index in [4.69, 9.17) is 10.5 Å². The number of likely N-dealkylation sites (tertiary alicyclic amines) is 1. The fourth-order valence-corrected chi connectivity index (χ4v) is 6.15. The van der Waals surface area contributed by atoms with E-state index in [-0.39, 0.29) is 52.6 Å². The van der Waals surface area contributed by atoms with E-state index in [9.17, 15) is 32.7 Å². The normalized spacial score (nSPS) is 14.3. The smallest absolute Gasteiger partial charge is 0.416 e. The molecule has 11 nitrogen and oxygen atoms in total. The Bertz CT molecular complexity index is 1770. The Labute approximate surface area is 259 Å². The first-order valence-corrected chi connectivity index (χ1v) is 14.7. The van der Waals surface area contributed by atoms with Crippen LogP contribution >= 0.6 is 11.3 Å². The lowest BCUT2D eigenvalue weighted by molar-refractivity contribution is -0.148. The van der Waals surface area contributed by atoms with Gasteiger partial charge in [-0.15, -0.1) is 11.3 Å². The summed E-state index contributed by atoms with van der Waals surface area (Å²) >= 11 is 1.18. The van der Waals surface area contributed by atoms with Crippen molar-refractivity contribution in [3.05, 3.63) is 70.4 Å². The van der Waals surface area contributed by atoms with E-state index in [1.165, 1.54) is 48.9 Å². The number of halogens is 3. The Balaban J connectivity index is 1.37. The average molecular weight is 643 g/mol. The summed E-state index contributed by atoms with van der Waals surface area (Å²) in [5.74, 6) is -0.987. The Morgan fingerprint density at radius 1 is 1.13 bits per heavy atom. The van der Waals surface area contributed by atoms with Gasteiger partial charge in [0, 0.05) is 43.2 Å². The van der Waals surface area contributed by atoms with Crippen LogP contribution in [-0.2, 0) is 22.3 Å². The number of carbonyl (C=O) groups excluding carboxylic acids is 2. The molecule has 0 aliphatic carbocycles. The summed E-state index contributed by atoms with van der Waals surface area (Å²) in [5.41, 5.74) is 6.31. The van der Waals surface area contributed by atoms with Crippen LogP contribution in [0.1, 0.15) is 46.8 Å². The van der Waals surface area contributed by atoms with Gasteiger partial charge in [-0.1, -0.05) is 12.1 Å². The van der Waals surface area contributed by atoms with E-state index >= 15 is 0 Å². The van der Waals surface area contributed by atoms with Gasteiger partial charge in [-0.05, 0) is 55.2 Å². The Morgan fingerprint density at radius 2 is 1.87 bits per heavy atom. The lowest BCUT2D eigenvalue weighted by Crippen LogP contribution is -2.37. The molecule has 4 aromatic rings. The molecule has 5 rings (SSSR count). The number of ether oxygens (including phenoxy) is 1. The maximum atomic E-state index is 14.1. The summed E-state index contributed by atoms with van der Waals surface area (Å²) in [6.07, 6.45) is -4.02. The number of hydrogen-bond donors (Lipinski definition) is 3. The van der Waals surface area contributed by atoms with Crippen molar-refractivity contribution >= 4 is 62.4 Å². The molecule has 0 atom stereocenters. The first-order valence-electron chi connectivity index (χ1n) is 13.8. The molecule has 45 heavy (non-hydrogen) atoms. The Hall–Kier alpha value is -4.76. The van der Waals surface area contributed by atoms with Crippen LogP contribution < -0.4 is 16.0 Å². The molecule has 2 aromatic heterocycles. The van der Waals surface area contributed by atoms with E-state index < -0.39 is 23.7 Å². The van der Waals surface area contributed by atoms with Gasteiger partial charge in [0.1, 0.15) is 23.8 Å². The molecule has 1 aliphatic rings. The summed E-state index contributed by atoms with van der Waals surface area (Å²) in [7, 11) is 0. The number of nitrogen functional groups attached to an aromatic ring is 1. The van der Waals surface area contributed by atoms with Crippen molar-refractivity contribution in [1.82, 2.24) is 14.9 Å². The second-order valence-electron chi connectivity index (χ2n) is 10.6. The summed E-state index contributed by atoms with van der Waals surface area (Å²) < 4.78 is 48.1. The van der Waals surface area contributed by atoms with Crippen LogP contribution in [0.5, 0.6) is 0 Å². The number of amides is 2.